The average Bonchev–Trinajstić information content (AvgIpc) is 3.34. The third-order valence-corrected chi connectivity index (χ3v) is 7.50. The third-order valence-electron chi connectivity index (χ3n) is 4.55. The largest absolute Gasteiger partial charge is 0.285 e. The van der Waals surface area contributed by atoms with E-state index in [1.54, 1.807) is 4.88 Å². The number of fused-ring (bicyclic) bond motifs is 2. The van der Waals surface area contributed by atoms with Crippen LogP contribution in [-0.4, -0.2) is 16.4 Å². The zero-order valence-corrected chi connectivity index (χ0v) is 15.5. The minimum Gasteiger partial charge on any atom is -0.285 e. The smallest absolute Gasteiger partial charge is 0.108 e. The Morgan fingerprint density at radius 3 is 2.88 bits per heavy atom. The molecule has 0 fully saturated rings. The molecule has 0 N–H and O–H groups in total. The molecule has 0 unspecified atom stereocenters. The molecule has 1 aliphatic rings. The molecule has 0 saturated heterocycles. The number of nitrogens with zero attached hydrogens (tertiary/aromatic N) is 2. The highest BCUT2D eigenvalue weighted by Crippen LogP contribution is 2.40. The molecular formula is C19H16N2S3. The molecule has 0 saturated carbocycles. The van der Waals surface area contributed by atoms with E-state index < -0.39 is 0 Å². The monoisotopic (exact) mass is 368 g/mol. The summed E-state index contributed by atoms with van der Waals surface area (Å²) in [4.78, 5) is 10.4. The Hall–Kier alpha value is -1.53. The highest BCUT2D eigenvalue weighted by atomic mass is 32.1. The first-order chi connectivity index (χ1) is 11.9. The Kier molecular flexibility index (Phi) is 3.74. The highest BCUT2D eigenvalue weighted by molar-refractivity contribution is 7.18. The number of hydrogen-bond donors (Lipinski definition) is 0. The van der Waals surface area contributed by atoms with Crippen molar-refractivity contribution in [1.29, 1.82) is 0 Å². The van der Waals surface area contributed by atoms with E-state index >= 15 is 0 Å². The van der Waals surface area contributed by atoms with Crippen molar-refractivity contribution in [1.82, 2.24) is 9.88 Å². The second-order valence-corrected chi connectivity index (χ2v) is 9.11. The standard InChI is InChI=1S/C19H16N2S3/c1-2-5-16-14(4-1)20-18(24-16)12-21-9-7-15-13(8-11-23-15)19(21)17-6-3-10-22-17/h1-6,8,10-11,19H,7,9,12H2/t19-/m0/s1. The number of thiophene rings is 2. The fraction of sp³-hybridized carbons (Fsp3) is 0.211. The Morgan fingerprint density at radius 1 is 1.04 bits per heavy atom. The van der Waals surface area contributed by atoms with Crippen LogP contribution in [0.1, 0.15) is 26.4 Å². The Bertz CT molecular complexity index is 935. The summed E-state index contributed by atoms with van der Waals surface area (Å²) in [6, 6.07) is 15.6. The van der Waals surface area contributed by atoms with E-state index in [9.17, 15) is 0 Å². The second kappa shape index (κ2) is 6.08. The van der Waals surface area contributed by atoms with Crippen LogP contribution in [0.2, 0.25) is 0 Å². The zero-order valence-electron chi connectivity index (χ0n) is 13.0. The van der Waals surface area contributed by atoms with Gasteiger partial charge in [0.05, 0.1) is 22.8 Å². The summed E-state index contributed by atoms with van der Waals surface area (Å²) in [5.74, 6) is 0. The molecular weight excluding hydrogens is 352 g/mol. The van der Waals surface area contributed by atoms with Crippen LogP contribution in [-0.2, 0) is 13.0 Å². The zero-order chi connectivity index (χ0) is 15.9. The Morgan fingerprint density at radius 2 is 2.00 bits per heavy atom. The molecule has 0 aliphatic carbocycles. The van der Waals surface area contributed by atoms with E-state index in [-0.39, 0.29) is 0 Å². The molecule has 3 aromatic heterocycles. The Labute approximate surface area is 153 Å². The van der Waals surface area contributed by atoms with Gasteiger partial charge >= 0.3 is 0 Å². The van der Waals surface area contributed by atoms with E-state index in [4.69, 9.17) is 4.98 Å². The lowest BCUT2D eigenvalue weighted by atomic mass is 9.98. The average molecular weight is 369 g/mol. The first-order valence-corrected chi connectivity index (χ1v) is 10.6. The van der Waals surface area contributed by atoms with E-state index in [1.807, 2.05) is 34.0 Å². The van der Waals surface area contributed by atoms with Crippen molar-refractivity contribution in [3.8, 4) is 0 Å². The first-order valence-electron chi connectivity index (χ1n) is 8.06. The number of rotatable bonds is 3. The van der Waals surface area contributed by atoms with Gasteiger partial charge in [0.15, 0.2) is 0 Å². The van der Waals surface area contributed by atoms with Gasteiger partial charge in [0, 0.05) is 16.3 Å². The summed E-state index contributed by atoms with van der Waals surface area (Å²) in [5.41, 5.74) is 2.62. The number of aromatic nitrogens is 1. The van der Waals surface area contributed by atoms with Crippen LogP contribution in [0.15, 0.2) is 53.2 Å². The minimum atomic E-state index is 0.381. The van der Waals surface area contributed by atoms with Crippen LogP contribution >= 0.6 is 34.0 Å². The van der Waals surface area contributed by atoms with Gasteiger partial charge in [-0.2, -0.15) is 0 Å². The first kappa shape index (κ1) is 14.8. The van der Waals surface area contributed by atoms with Gasteiger partial charge in [-0.25, -0.2) is 4.98 Å². The quantitative estimate of drug-likeness (QED) is 0.470. The predicted octanol–water partition coefficient (Wildman–Crippen LogP) is 5.57. The molecule has 4 heterocycles. The third kappa shape index (κ3) is 2.52. The fourth-order valence-electron chi connectivity index (χ4n) is 3.48. The van der Waals surface area contributed by atoms with Crippen molar-refractivity contribution in [2.45, 2.75) is 19.0 Å². The van der Waals surface area contributed by atoms with Crippen LogP contribution in [0.5, 0.6) is 0 Å². The van der Waals surface area contributed by atoms with E-state index in [1.165, 1.54) is 20.1 Å². The molecule has 2 nitrogen and oxygen atoms in total. The van der Waals surface area contributed by atoms with E-state index in [0.29, 0.717) is 6.04 Å². The number of para-hydroxylation sites is 1. The van der Waals surface area contributed by atoms with E-state index in [0.717, 1.165) is 25.0 Å². The molecule has 120 valence electrons. The lowest BCUT2D eigenvalue weighted by molar-refractivity contribution is 0.209. The van der Waals surface area contributed by atoms with Gasteiger partial charge in [-0.05, 0) is 47.0 Å². The van der Waals surface area contributed by atoms with Crippen molar-refractivity contribution in [3.05, 3.63) is 73.6 Å². The molecule has 5 heteroatoms. The molecule has 0 amide bonds. The molecule has 24 heavy (non-hydrogen) atoms. The SMILES string of the molecule is c1csc([C@@H]2c3ccsc3CCN2Cc2nc3ccccc3s2)c1. The van der Waals surface area contributed by atoms with E-state index in [2.05, 4.69) is 58.1 Å². The van der Waals surface area contributed by atoms with Gasteiger partial charge in [0.2, 0.25) is 0 Å². The van der Waals surface area contributed by atoms with Crippen molar-refractivity contribution >= 4 is 44.2 Å². The van der Waals surface area contributed by atoms with Gasteiger partial charge in [-0.15, -0.1) is 34.0 Å². The number of hydrogen-bond acceptors (Lipinski definition) is 5. The van der Waals surface area contributed by atoms with Crippen LogP contribution in [0.4, 0.5) is 0 Å². The second-order valence-electron chi connectivity index (χ2n) is 6.01. The lowest BCUT2D eigenvalue weighted by Gasteiger charge is -2.34. The number of benzene rings is 1. The maximum Gasteiger partial charge on any atom is 0.108 e. The van der Waals surface area contributed by atoms with Crippen molar-refractivity contribution in [2.24, 2.45) is 0 Å². The molecule has 1 aliphatic heterocycles. The van der Waals surface area contributed by atoms with Gasteiger partial charge in [-0.1, -0.05) is 18.2 Å². The predicted molar refractivity (Wildman–Crippen MR) is 104 cm³/mol. The summed E-state index contributed by atoms with van der Waals surface area (Å²) in [6.45, 7) is 2.03. The van der Waals surface area contributed by atoms with Gasteiger partial charge in [-0.3, -0.25) is 4.90 Å². The lowest BCUT2D eigenvalue weighted by Crippen LogP contribution is -2.34. The molecule has 5 rings (SSSR count). The van der Waals surface area contributed by atoms with Gasteiger partial charge < -0.3 is 0 Å². The van der Waals surface area contributed by atoms with Crippen molar-refractivity contribution < 1.29 is 0 Å². The number of thiazole rings is 1. The van der Waals surface area contributed by atoms with Crippen LogP contribution < -0.4 is 0 Å². The van der Waals surface area contributed by atoms with Gasteiger partial charge in [0.25, 0.3) is 0 Å². The summed E-state index contributed by atoms with van der Waals surface area (Å²) < 4.78 is 1.29. The van der Waals surface area contributed by atoms with Crippen molar-refractivity contribution in [3.63, 3.8) is 0 Å². The molecule has 1 aromatic carbocycles. The summed E-state index contributed by atoms with van der Waals surface area (Å²) in [7, 11) is 0. The minimum absolute atomic E-state index is 0.381. The van der Waals surface area contributed by atoms with Gasteiger partial charge in [0.1, 0.15) is 5.01 Å². The van der Waals surface area contributed by atoms with Crippen LogP contribution in [0.25, 0.3) is 10.2 Å². The molecule has 1 atom stereocenters. The molecule has 4 aromatic rings. The summed E-state index contributed by atoms with van der Waals surface area (Å²) in [6.07, 6.45) is 1.15. The highest BCUT2D eigenvalue weighted by Gasteiger charge is 2.30. The molecule has 0 spiro atoms. The summed E-state index contributed by atoms with van der Waals surface area (Å²) in [5, 5.41) is 5.65. The topological polar surface area (TPSA) is 16.1 Å². The van der Waals surface area contributed by atoms with Crippen LogP contribution in [0.3, 0.4) is 0 Å². The molecule has 0 bridgehead atoms. The maximum atomic E-state index is 4.85. The maximum absolute atomic E-state index is 4.85. The fourth-order valence-corrected chi connectivity index (χ4v) is 6.25. The van der Waals surface area contributed by atoms with Crippen LogP contribution in [0, 0.1) is 0 Å². The van der Waals surface area contributed by atoms with Crippen molar-refractivity contribution in [2.75, 3.05) is 6.54 Å². The normalized spacial score (nSPS) is 18.1. The Balaban J connectivity index is 1.52. The summed E-state index contributed by atoms with van der Waals surface area (Å²) >= 11 is 5.59. The molecule has 0 radical (unpaired) electrons.